The van der Waals surface area contributed by atoms with Gasteiger partial charge in [0.1, 0.15) is 0 Å². The molecule has 0 aromatic carbocycles. The Morgan fingerprint density at radius 1 is 1.36 bits per heavy atom. The van der Waals surface area contributed by atoms with E-state index < -0.39 is 11.9 Å². The molecule has 1 aliphatic rings. The molecule has 6 heteroatoms. The molecule has 1 amide bonds. The van der Waals surface area contributed by atoms with Gasteiger partial charge in [0, 0.05) is 30.9 Å². The standard InChI is InChI=1S/C16H25N3O3/c1-9(16(21)22)8-19(13-6-7-13)15(20)10(2)14-11(3)17-18(5)12(14)4/h9-10,13H,6-8H2,1-5H3,(H,21,22). The van der Waals surface area contributed by atoms with Crippen molar-refractivity contribution in [3.8, 4) is 0 Å². The lowest BCUT2D eigenvalue weighted by molar-refractivity contribution is -0.143. The summed E-state index contributed by atoms with van der Waals surface area (Å²) >= 11 is 0. The second-order valence-electron chi connectivity index (χ2n) is 6.39. The van der Waals surface area contributed by atoms with Crippen molar-refractivity contribution in [1.29, 1.82) is 0 Å². The molecule has 1 saturated carbocycles. The number of aliphatic carboxylic acids is 1. The summed E-state index contributed by atoms with van der Waals surface area (Å²) in [5.74, 6) is -1.70. The maximum absolute atomic E-state index is 12.9. The van der Waals surface area contributed by atoms with Crippen molar-refractivity contribution in [1.82, 2.24) is 14.7 Å². The van der Waals surface area contributed by atoms with Crippen LogP contribution < -0.4 is 0 Å². The van der Waals surface area contributed by atoms with Crippen LogP contribution in [0.1, 0.15) is 49.6 Å². The Hall–Kier alpha value is -1.85. The van der Waals surface area contributed by atoms with Gasteiger partial charge in [0.05, 0.1) is 17.5 Å². The van der Waals surface area contributed by atoms with E-state index >= 15 is 0 Å². The highest BCUT2D eigenvalue weighted by Gasteiger charge is 2.37. The molecule has 0 bridgehead atoms. The van der Waals surface area contributed by atoms with Crippen LogP contribution in [0.4, 0.5) is 0 Å². The second-order valence-corrected chi connectivity index (χ2v) is 6.39. The molecule has 0 saturated heterocycles. The number of carbonyl (C=O) groups is 2. The van der Waals surface area contributed by atoms with Gasteiger partial charge in [-0.15, -0.1) is 0 Å². The van der Waals surface area contributed by atoms with E-state index in [9.17, 15) is 9.59 Å². The van der Waals surface area contributed by atoms with Gasteiger partial charge in [-0.2, -0.15) is 5.10 Å². The number of aryl methyl sites for hydroxylation is 2. The summed E-state index contributed by atoms with van der Waals surface area (Å²) in [7, 11) is 1.87. The highest BCUT2D eigenvalue weighted by Crippen LogP contribution is 2.32. The molecule has 6 nitrogen and oxygen atoms in total. The van der Waals surface area contributed by atoms with Gasteiger partial charge >= 0.3 is 5.97 Å². The van der Waals surface area contributed by atoms with Crippen molar-refractivity contribution < 1.29 is 14.7 Å². The van der Waals surface area contributed by atoms with E-state index in [1.54, 1.807) is 16.5 Å². The monoisotopic (exact) mass is 307 g/mol. The van der Waals surface area contributed by atoms with Crippen LogP contribution >= 0.6 is 0 Å². The van der Waals surface area contributed by atoms with Gasteiger partial charge in [-0.1, -0.05) is 6.92 Å². The fourth-order valence-electron chi connectivity index (χ4n) is 2.97. The first kappa shape index (κ1) is 16.5. The van der Waals surface area contributed by atoms with E-state index in [0.717, 1.165) is 29.8 Å². The number of aromatic nitrogens is 2. The predicted molar refractivity (Wildman–Crippen MR) is 82.6 cm³/mol. The van der Waals surface area contributed by atoms with Crippen LogP contribution in [0.25, 0.3) is 0 Å². The van der Waals surface area contributed by atoms with Crippen LogP contribution in [0.15, 0.2) is 0 Å². The van der Waals surface area contributed by atoms with Gasteiger partial charge in [0.25, 0.3) is 0 Å². The van der Waals surface area contributed by atoms with Gasteiger partial charge in [0.15, 0.2) is 0 Å². The van der Waals surface area contributed by atoms with Gasteiger partial charge in [-0.3, -0.25) is 14.3 Å². The maximum Gasteiger partial charge on any atom is 0.308 e. The number of carbonyl (C=O) groups excluding carboxylic acids is 1. The number of amides is 1. The number of hydrogen-bond donors (Lipinski definition) is 1. The summed E-state index contributed by atoms with van der Waals surface area (Å²) in [5.41, 5.74) is 2.81. The van der Waals surface area contributed by atoms with Crippen LogP contribution in [0, 0.1) is 19.8 Å². The largest absolute Gasteiger partial charge is 0.481 e. The summed E-state index contributed by atoms with van der Waals surface area (Å²) < 4.78 is 1.79. The van der Waals surface area contributed by atoms with Crippen LogP contribution in [-0.4, -0.2) is 44.3 Å². The van der Waals surface area contributed by atoms with Crippen molar-refractivity contribution in [3.05, 3.63) is 17.0 Å². The third kappa shape index (κ3) is 3.15. The minimum absolute atomic E-state index is 0.00907. The summed E-state index contributed by atoms with van der Waals surface area (Å²) in [5, 5.41) is 13.5. The molecule has 0 aliphatic heterocycles. The zero-order valence-electron chi connectivity index (χ0n) is 14.0. The average molecular weight is 307 g/mol. The van der Waals surface area contributed by atoms with Crippen LogP contribution in [0.5, 0.6) is 0 Å². The van der Waals surface area contributed by atoms with Crippen molar-refractivity contribution in [3.63, 3.8) is 0 Å². The minimum atomic E-state index is -0.861. The summed E-state index contributed by atoms with van der Waals surface area (Å²) in [4.78, 5) is 25.8. The van der Waals surface area contributed by atoms with Gasteiger partial charge in [0.2, 0.25) is 5.91 Å². The average Bonchev–Trinajstić information content (AvgIpc) is 3.23. The molecule has 0 radical (unpaired) electrons. The number of carboxylic acid groups (broad SMARTS) is 1. The Morgan fingerprint density at radius 2 is 1.95 bits per heavy atom. The molecule has 1 aliphatic carbocycles. The van der Waals surface area contributed by atoms with Crippen molar-refractivity contribution in [2.75, 3.05) is 6.54 Å². The zero-order chi connectivity index (χ0) is 16.6. The van der Waals surface area contributed by atoms with Crippen molar-refractivity contribution in [2.45, 2.75) is 52.5 Å². The number of rotatable bonds is 6. The highest BCUT2D eigenvalue weighted by atomic mass is 16.4. The molecule has 1 aromatic heterocycles. The zero-order valence-corrected chi connectivity index (χ0v) is 14.0. The summed E-state index contributed by atoms with van der Waals surface area (Å²) in [6.45, 7) is 7.69. The van der Waals surface area contributed by atoms with E-state index in [4.69, 9.17) is 5.11 Å². The lowest BCUT2D eigenvalue weighted by atomic mass is 9.97. The lowest BCUT2D eigenvalue weighted by Gasteiger charge is -2.27. The molecular weight excluding hydrogens is 282 g/mol. The first-order chi connectivity index (χ1) is 10.2. The second kappa shape index (κ2) is 6.10. The number of nitrogens with zero attached hydrogens (tertiary/aromatic N) is 3. The SMILES string of the molecule is Cc1nn(C)c(C)c1C(C)C(=O)N(CC(C)C(=O)O)C1CC1. The van der Waals surface area contributed by atoms with E-state index in [1.807, 2.05) is 27.8 Å². The van der Waals surface area contributed by atoms with Crippen LogP contribution in [0.2, 0.25) is 0 Å². The predicted octanol–water partition coefficient (Wildman–Crippen LogP) is 1.85. The molecule has 2 rings (SSSR count). The summed E-state index contributed by atoms with van der Waals surface area (Å²) in [6, 6.07) is 0.203. The molecule has 0 spiro atoms. The molecule has 2 unspecified atom stereocenters. The first-order valence-corrected chi connectivity index (χ1v) is 7.77. The normalized spacial score (nSPS) is 17.1. The fourth-order valence-corrected chi connectivity index (χ4v) is 2.97. The Labute approximate surface area is 131 Å². The Bertz CT molecular complexity index is 590. The van der Waals surface area contributed by atoms with Crippen LogP contribution in [0.3, 0.4) is 0 Å². The Morgan fingerprint density at radius 3 is 2.36 bits per heavy atom. The van der Waals surface area contributed by atoms with Crippen molar-refractivity contribution >= 4 is 11.9 Å². The lowest BCUT2D eigenvalue weighted by Crippen LogP contribution is -2.40. The van der Waals surface area contributed by atoms with E-state index in [2.05, 4.69) is 5.10 Å². The minimum Gasteiger partial charge on any atom is -0.481 e. The molecular formula is C16H25N3O3. The number of carboxylic acids is 1. The molecule has 22 heavy (non-hydrogen) atoms. The van der Waals surface area contributed by atoms with E-state index in [1.165, 1.54) is 0 Å². The van der Waals surface area contributed by atoms with E-state index in [0.29, 0.717) is 0 Å². The molecule has 1 N–H and O–H groups in total. The topological polar surface area (TPSA) is 75.4 Å². The highest BCUT2D eigenvalue weighted by molar-refractivity contribution is 5.85. The number of hydrogen-bond acceptors (Lipinski definition) is 3. The Kier molecular flexibility index (Phi) is 4.58. The molecule has 1 heterocycles. The smallest absolute Gasteiger partial charge is 0.308 e. The maximum atomic E-state index is 12.9. The fraction of sp³-hybridized carbons (Fsp3) is 0.688. The third-order valence-electron chi connectivity index (χ3n) is 4.53. The quantitative estimate of drug-likeness (QED) is 0.870. The third-order valence-corrected chi connectivity index (χ3v) is 4.53. The summed E-state index contributed by atoms with van der Waals surface area (Å²) in [6.07, 6.45) is 1.94. The van der Waals surface area contributed by atoms with E-state index in [-0.39, 0.29) is 24.4 Å². The Balaban J connectivity index is 2.21. The van der Waals surface area contributed by atoms with Gasteiger partial charge < -0.3 is 10.0 Å². The molecule has 1 fully saturated rings. The van der Waals surface area contributed by atoms with Crippen molar-refractivity contribution in [2.24, 2.45) is 13.0 Å². The van der Waals surface area contributed by atoms with Gasteiger partial charge in [-0.05, 0) is 33.6 Å². The van der Waals surface area contributed by atoms with Gasteiger partial charge in [-0.25, -0.2) is 0 Å². The van der Waals surface area contributed by atoms with Crippen LogP contribution in [-0.2, 0) is 16.6 Å². The molecule has 2 atom stereocenters. The molecule has 1 aromatic rings. The molecule has 122 valence electrons. The first-order valence-electron chi connectivity index (χ1n) is 7.77.